The van der Waals surface area contributed by atoms with Gasteiger partial charge in [-0.25, -0.2) is 0 Å². The van der Waals surface area contributed by atoms with Gasteiger partial charge in [-0.05, 0) is 0 Å². The van der Waals surface area contributed by atoms with Crippen LogP contribution in [0.15, 0.2) is 25.3 Å². The predicted octanol–water partition coefficient (Wildman–Crippen LogP) is 1.39. The lowest BCUT2D eigenvalue weighted by molar-refractivity contribution is 0.0155. The van der Waals surface area contributed by atoms with Gasteiger partial charge in [-0.2, -0.15) is 0 Å². The molecule has 2 atom stereocenters. The lowest BCUT2D eigenvalue weighted by Crippen LogP contribution is -2.25. The van der Waals surface area contributed by atoms with Gasteiger partial charge >= 0.3 is 0 Å². The minimum absolute atomic E-state index is 0.0949. The van der Waals surface area contributed by atoms with Gasteiger partial charge in [0, 0.05) is 14.2 Å². The molecular formula is C8H14O2. The van der Waals surface area contributed by atoms with E-state index >= 15 is 0 Å². The van der Waals surface area contributed by atoms with E-state index in [1.54, 1.807) is 26.4 Å². The van der Waals surface area contributed by atoms with Crippen molar-refractivity contribution in [1.82, 2.24) is 0 Å². The Kier molecular flexibility index (Phi) is 4.89. The molecule has 0 aliphatic heterocycles. The third-order valence-electron chi connectivity index (χ3n) is 1.33. The molecule has 2 heteroatoms. The van der Waals surface area contributed by atoms with Gasteiger partial charge in [-0.3, -0.25) is 0 Å². The molecule has 0 saturated carbocycles. The van der Waals surface area contributed by atoms with Crippen molar-refractivity contribution in [2.45, 2.75) is 12.2 Å². The molecular weight excluding hydrogens is 128 g/mol. The summed E-state index contributed by atoms with van der Waals surface area (Å²) in [6, 6.07) is 0. The van der Waals surface area contributed by atoms with Crippen LogP contribution in [0.3, 0.4) is 0 Å². The van der Waals surface area contributed by atoms with Crippen molar-refractivity contribution in [3.05, 3.63) is 25.3 Å². The first-order valence-corrected chi connectivity index (χ1v) is 3.10. The fourth-order valence-corrected chi connectivity index (χ4v) is 0.729. The van der Waals surface area contributed by atoms with Crippen molar-refractivity contribution < 1.29 is 9.47 Å². The maximum atomic E-state index is 5.03. The normalized spacial score (nSPS) is 15.8. The Morgan fingerprint density at radius 1 is 1.00 bits per heavy atom. The van der Waals surface area contributed by atoms with E-state index in [4.69, 9.17) is 9.47 Å². The third kappa shape index (κ3) is 2.33. The van der Waals surface area contributed by atoms with Crippen molar-refractivity contribution in [1.29, 1.82) is 0 Å². The molecule has 0 rings (SSSR count). The topological polar surface area (TPSA) is 18.5 Å². The van der Waals surface area contributed by atoms with E-state index in [0.29, 0.717) is 0 Å². The van der Waals surface area contributed by atoms with E-state index in [-0.39, 0.29) is 12.2 Å². The van der Waals surface area contributed by atoms with Gasteiger partial charge in [0.15, 0.2) is 0 Å². The van der Waals surface area contributed by atoms with Gasteiger partial charge in [0.1, 0.15) is 12.2 Å². The average Bonchev–Trinajstić information content (AvgIpc) is 2.00. The van der Waals surface area contributed by atoms with E-state index in [0.717, 1.165) is 0 Å². The molecule has 0 fully saturated rings. The summed E-state index contributed by atoms with van der Waals surface area (Å²) in [6.07, 6.45) is 3.19. The summed E-state index contributed by atoms with van der Waals surface area (Å²) in [7, 11) is 3.23. The van der Waals surface area contributed by atoms with Gasteiger partial charge < -0.3 is 9.47 Å². The molecule has 0 aliphatic carbocycles. The summed E-state index contributed by atoms with van der Waals surface area (Å²) in [6.45, 7) is 7.19. The van der Waals surface area contributed by atoms with Crippen molar-refractivity contribution >= 4 is 0 Å². The molecule has 0 heterocycles. The van der Waals surface area contributed by atoms with E-state index in [9.17, 15) is 0 Å². The molecule has 0 aromatic carbocycles. The monoisotopic (exact) mass is 142 g/mol. The highest BCUT2D eigenvalue weighted by molar-refractivity contribution is 4.95. The molecule has 0 aromatic heterocycles. The van der Waals surface area contributed by atoms with Crippen LogP contribution in [-0.4, -0.2) is 26.4 Å². The Bertz CT molecular complexity index is 95.8. The van der Waals surface area contributed by atoms with Gasteiger partial charge in [0.25, 0.3) is 0 Å². The average molecular weight is 142 g/mol. The quantitative estimate of drug-likeness (QED) is 0.540. The molecule has 0 N–H and O–H groups in total. The zero-order valence-electron chi connectivity index (χ0n) is 6.54. The van der Waals surface area contributed by atoms with Gasteiger partial charge in [0.05, 0.1) is 0 Å². The lowest BCUT2D eigenvalue weighted by Gasteiger charge is -2.17. The number of methoxy groups -OCH3 is 2. The standard InChI is InChI=1S/C8H14O2/c1-5-7(9-3)8(6-2)10-4/h5-8H,1-2H2,3-4H3/t7-,8+. The van der Waals surface area contributed by atoms with Crippen LogP contribution in [0, 0.1) is 0 Å². The van der Waals surface area contributed by atoms with Crippen LogP contribution in [0.5, 0.6) is 0 Å². The zero-order chi connectivity index (χ0) is 7.98. The molecule has 0 amide bonds. The molecule has 0 aliphatic rings. The lowest BCUT2D eigenvalue weighted by atomic mass is 10.2. The first-order valence-electron chi connectivity index (χ1n) is 3.10. The van der Waals surface area contributed by atoms with Crippen LogP contribution in [-0.2, 0) is 9.47 Å². The second-order valence-electron chi connectivity index (χ2n) is 1.87. The fraction of sp³-hybridized carbons (Fsp3) is 0.500. The Hall–Kier alpha value is -0.600. The zero-order valence-corrected chi connectivity index (χ0v) is 6.54. The molecule has 2 nitrogen and oxygen atoms in total. The second kappa shape index (κ2) is 5.21. The summed E-state index contributed by atoms with van der Waals surface area (Å²) in [4.78, 5) is 0. The minimum Gasteiger partial charge on any atom is -0.374 e. The highest BCUT2D eigenvalue weighted by atomic mass is 16.5. The Morgan fingerprint density at radius 2 is 1.30 bits per heavy atom. The van der Waals surface area contributed by atoms with E-state index in [2.05, 4.69) is 13.2 Å². The Balaban J connectivity index is 3.93. The van der Waals surface area contributed by atoms with Crippen LogP contribution in [0.2, 0.25) is 0 Å². The van der Waals surface area contributed by atoms with Crippen LogP contribution in [0.4, 0.5) is 0 Å². The predicted molar refractivity (Wildman–Crippen MR) is 42.0 cm³/mol. The molecule has 10 heavy (non-hydrogen) atoms. The Labute approximate surface area is 62.1 Å². The summed E-state index contributed by atoms with van der Waals surface area (Å²) in [5.74, 6) is 0. The van der Waals surface area contributed by atoms with Crippen molar-refractivity contribution in [2.75, 3.05) is 14.2 Å². The highest BCUT2D eigenvalue weighted by Gasteiger charge is 2.12. The van der Waals surface area contributed by atoms with Gasteiger partial charge in [0.2, 0.25) is 0 Å². The maximum Gasteiger partial charge on any atom is 0.105 e. The maximum absolute atomic E-state index is 5.03. The van der Waals surface area contributed by atoms with E-state index in [1.165, 1.54) is 0 Å². The summed E-state index contributed by atoms with van der Waals surface area (Å²) in [5, 5.41) is 0. The van der Waals surface area contributed by atoms with Gasteiger partial charge in [-0.15, -0.1) is 13.2 Å². The molecule has 0 spiro atoms. The summed E-state index contributed by atoms with van der Waals surface area (Å²) >= 11 is 0. The Morgan fingerprint density at radius 3 is 1.40 bits per heavy atom. The van der Waals surface area contributed by atoms with E-state index < -0.39 is 0 Å². The van der Waals surface area contributed by atoms with E-state index in [1.807, 2.05) is 0 Å². The molecule has 0 radical (unpaired) electrons. The minimum atomic E-state index is -0.0949. The molecule has 58 valence electrons. The number of hydrogen-bond acceptors (Lipinski definition) is 2. The molecule has 0 aromatic rings. The third-order valence-corrected chi connectivity index (χ3v) is 1.33. The number of hydrogen-bond donors (Lipinski definition) is 0. The van der Waals surface area contributed by atoms with Crippen LogP contribution in [0.1, 0.15) is 0 Å². The molecule has 0 unspecified atom stereocenters. The van der Waals surface area contributed by atoms with Crippen LogP contribution < -0.4 is 0 Å². The SMILES string of the molecule is C=C[C@H](OC)[C@@H](C=C)OC. The molecule has 0 saturated heterocycles. The number of rotatable bonds is 5. The highest BCUT2D eigenvalue weighted by Crippen LogP contribution is 2.03. The summed E-state index contributed by atoms with van der Waals surface area (Å²) < 4.78 is 10.1. The second-order valence-corrected chi connectivity index (χ2v) is 1.87. The van der Waals surface area contributed by atoms with Crippen molar-refractivity contribution in [3.8, 4) is 0 Å². The van der Waals surface area contributed by atoms with Crippen molar-refractivity contribution in [2.24, 2.45) is 0 Å². The van der Waals surface area contributed by atoms with Crippen LogP contribution >= 0.6 is 0 Å². The number of ether oxygens (including phenoxy) is 2. The molecule has 0 bridgehead atoms. The first kappa shape index (κ1) is 9.40. The van der Waals surface area contributed by atoms with Crippen LogP contribution in [0.25, 0.3) is 0 Å². The smallest absolute Gasteiger partial charge is 0.105 e. The largest absolute Gasteiger partial charge is 0.374 e. The summed E-state index contributed by atoms with van der Waals surface area (Å²) in [5.41, 5.74) is 0. The van der Waals surface area contributed by atoms with Crippen molar-refractivity contribution in [3.63, 3.8) is 0 Å². The first-order chi connectivity index (χ1) is 4.79. The fourth-order valence-electron chi connectivity index (χ4n) is 0.729. The van der Waals surface area contributed by atoms with Gasteiger partial charge in [-0.1, -0.05) is 12.2 Å².